The van der Waals surface area contributed by atoms with Crippen molar-refractivity contribution in [3.63, 3.8) is 0 Å². The first kappa shape index (κ1) is 23.0. The van der Waals surface area contributed by atoms with Crippen LogP contribution in [0, 0.1) is 0 Å². The minimum atomic E-state index is -4.52. The Kier molecular flexibility index (Phi) is 6.61. The van der Waals surface area contributed by atoms with Crippen LogP contribution >= 0.6 is 0 Å². The Morgan fingerprint density at radius 1 is 1.09 bits per heavy atom. The monoisotopic (exact) mass is 446 g/mol. The van der Waals surface area contributed by atoms with Gasteiger partial charge >= 0.3 is 6.18 Å². The van der Waals surface area contributed by atoms with Gasteiger partial charge in [-0.05, 0) is 50.2 Å². The lowest BCUT2D eigenvalue weighted by molar-refractivity contribution is -0.141. The van der Waals surface area contributed by atoms with Gasteiger partial charge in [-0.25, -0.2) is 9.97 Å². The number of fused-ring (bicyclic) bond motifs is 1. The number of rotatable bonds is 6. The first-order valence-electron chi connectivity index (χ1n) is 9.69. The Bertz CT molecular complexity index is 1130. The predicted octanol–water partition coefficient (Wildman–Crippen LogP) is 4.04. The fourth-order valence-electron chi connectivity index (χ4n) is 2.88. The molecule has 0 aliphatic rings. The van der Waals surface area contributed by atoms with Crippen LogP contribution in [0.3, 0.4) is 0 Å². The molecule has 2 heterocycles. The van der Waals surface area contributed by atoms with E-state index in [1.807, 2.05) is 13.8 Å². The molecule has 0 aliphatic carbocycles. The van der Waals surface area contributed by atoms with Crippen molar-refractivity contribution in [2.24, 2.45) is 0 Å². The number of nitrogens with one attached hydrogen (secondary N) is 1. The number of nitrogens with zero attached hydrogens (tertiary/aromatic N) is 3. The Balaban J connectivity index is 1.72. The summed E-state index contributed by atoms with van der Waals surface area (Å²) in [5, 5.41) is 3.38. The van der Waals surface area contributed by atoms with Crippen LogP contribution in [0.5, 0.6) is 11.5 Å². The largest absolute Gasteiger partial charge is 0.456 e. The van der Waals surface area contributed by atoms with Crippen LogP contribution in [0.15, 0.2) is 48.7 Å². The summed E-state index contributed by atoms with van der Waals surface area (Å²) < 4.78 is 43.4. The molecule has 7 nitrogen and oxygen atoms in total. The molecule has 0 radical (unpaired) electrons. The summed E-state index contributed by atoms with van der Waals surface area (Å²) in [4.78, 5) is 33.4. The number of pyridine rings is 2. The molecule has 0 bridgehead atoms. The first-order valence-corrected chi connectivity index (χ1v) is 9.69. The van der Waals surface area contributed by atoms with Gasteiger partial charge in [-0.15, -0.1) is 0 Å². The van der Waals surface area contributed by atoms with Crippen molar-refractivity contribution in [3.05, 3.63) is 60.0 Å². The maximum Gasteiger partial charge on any atom is 0.433 e. The second-order valence-electron chi connectivity index (χ2n) is 7.41. The third-order valence-electron chi connectivity index (χ3n) is 4.32. The molecule has 3 aromatic rings. The number of ether oxygens (including phenoxy) is 1. The van der Waals surface area contributed by atoms with Gasteiger partial charge in [0.2, 0.25) is 5.91 Å². The Hall–Kier alpha value is -3.69. The number of aromatic nitrogens is 2. The van der Waals surface area contributed by atoms with Crippen molar-refractivity contribution in [2.75, 3.05) is 13.6 Å². The number of carbonyl (C=O) groups is 2. The maximum absolute atomic E-state index is 12.6. The fraction of sp³-hybridized carbons (Fsp3) is 0.273. The number of hydrogen-bond donors (Lipinski definition) is 1. The fourth-order valence-corrected chi connectivity index (χ4v) is 2.88. The number of benzene rings is 1. The Morgan fingerprint density at radius 3 is 2.44 bits per heavy atom. The van der Waals surface area contributed by atoms with Crippen LogP contribution in [0.25, 0.3) is 10.9 Å². The molecule has 32 heavy (non-hydrogen) atoms. The zero-order valence-corrected chi connectivity index (χ0v) is 17.6. The smallest absolute Gasteiger partial charge is 0.433 e. The second kappa shape index (κ2) is 9.21. The summed E-state index contributed by atoms with van der Waals surface area (Å²) in [5.74, 6) is -0.140. The van der Waals surface area contributed by atoms with Crippen molar-refractivity contribution < 1.29 is 27.5 Å². The molecule has 0 saturated carbocycles. The van der Waals surface area contributed by atoms with Crippen LogP contribution in [0.1, 0.15) is 30.0 Å². The number of amides is 2. The van der Waals surface area contributed by atoms with E-state index >= 15 is 0 Å². The molecule has 2 amide bonds. The molecule has 0 atom stereocenters. The van der Waals surface area contributed by atoms with E-state index in [2.05, 4.69) is 15.3 Å². The van der Waals surface area contributed by atoms with Crippen LogP contribution < -0.4 is 10.1 Å². The summed E-state index contributed by atoms with van der Waals surface area (Å²) in [7, 11) is 1.52. The molecule has 0 spiro atoms. The average Bonchev–Trinajstić information content (AvgIpc) is 2.72. The maximum atomic E-state index is 12.6. The minimum Gasteiger partial charge on any atom is -0.456 e. The lowest BCUT2D eigenvalue weighted by atomic mass is 10.2. The summed E-state index contributed by atoms with van der Waals surface area (Å²) >= 11 is 0. The Labute approximate surface area is 182 Å². The van der Waals surface area contributed by atoms with Crippen molar-refractivity contribution in [1.29, 1.82) is 0 Å². The van der Waals surface area contributed by atoms with Crippen molar-refractivity contribution in [2.45, 2.75) is 26.1 Å². The SMILES string of the molecule is CC(C)NC(=O)CN(C)C(=O)c1ccc2cc(Oc3ccc(C(F)(F)F)nc3)ccc2n1. The van der Waals surface area contributed by atoms with Gasteiger partial charge in [0.15, 0.2) is 0 Å². The van der Waals surface area contributed by atoms with Crippen molar-refractivity contribution in [3.8, 4) is 11.5 Å². The highest BCUT2D eigenvalue weighted by Gasteiger charge is 2.32. The van der Waals surface area contributed by atoms with E-state index in [0.29, 0.717) is 16.7 Å². The zero-order valence-electron chi connectivity index (χ0n) is 17.6. The van der Waals surface area contributed by atoms with E-state index in [0.717, 1.165) is 12.3 Å². The lowest BCUT2D eigenvalue weighted by Crippen LogP contribution is -2.41. The summed E-state index contributed by atoms with van der Waals surface area (Å²) in [6.45, 7) is 3.57. The van der Waals surface area contributed by atoms with Crippen LogP contribution in [-0.2, 0) is 11.0 Å². The van der Waals surface area contributed by atoms with E-state index in [1.165, 1.54) is 24.1 Å². The van der Waals surface area contributed by atoms with E-state index in [9.17, 15) is 22.8 Å². The van der Waals surface area contributed by atoms with Crippen molar-refractivity contribution >= 4 is 22.7 Å². The minimum absolute atomic E-state index is 0.0282. The molecular weight excluding hydrogens is 425 g/mol. The van der Waals surface area contributed by atoms with Crippen LogP contribution in [0.4, 0.5) is 13.2 Å². The standard InChI is InChI=1S/C22H21F3N4O3/c1-13(2)27-20(30)12-29(3)21(31)18-7-4-14-10-15(5-8-17(14)28-18)32-16-6-9-19(26-11-16)22(23,24)25/h4-11,13H,12H2,1-3H3,(H,27,30). The first-order chi connectivity index (χ1) is 15.0. The molecule has 1 N–H and O–H groups in total. The predicted molar refractivity (Wildman–Crippen MR) is 111 cm³/mol. The second-order valence-corrected chi connectivity index (χ2v) is 7.41. The van der Waals surface area contributed by atoms with Crippen LogP contribution in [-0.4, -0.2) is 46.3 Å². The molecule has 2 aromatic heterocycles. The summed E-state index contributed by atoms with van der Waals surface area (Å²) in [5.41, 5.74) is -0.303. The highest BCUT2D eigenvalue weighted by Crippen LogP contribution is 2.30. The topological polar surface area (TPSA) is 84.4 Å². The molecule has 168 valence electrons. The third kappa shape index (κ3) is 5.71. The van der Waals surface area contributed by atoms with E-state index in [-0.39, 0.29) is 29.9 Å². The van der Waals surface area contributed by atoms with Gasteiger partial charge in [-0.1, -0.05) is 6.07 Å². The van der Waals surface area contributed by atoms with Gasteiger partial charge in [0.1, 0.15) is 22.9 Å². The molecule has 0 saturated heterocycles. The van der Waals surface area contributed by atoms with E-state index < -0.39 is 17.8 Å². The molecule has 0 unspecified atom stereocenters. The van der Waals surface area contributed by atoms with Crippen LogP contribution in [0.2, 0.25) is 0 Å². The van der Waals surface area contributed by atoms with Crippen molar-refractivity contribution in [1.82, 2.24) is 20.2 Å². The summed E-state index contributed by atoms with van der Waals surface area (Å²) in [6.07, 6.45) is -3.52. The van der Waals surface area contributed by atoms with Gasteiger partial charge in [0.25, 0.3) is 5.91 Å². The van der Waals surface area contributed by atoms with Gasteiger partial charge in [-0.2, -0.15) is 13.2 Å². The van der Waals surface area contributed by atoms with Gasteiger partial charge in [0.05, 0.1) is 18.3 Å². The molecule has 10 heteroatoms. The number of carbonyl (C=O) groups excluding carboxylic acids is 2. The average molecular weight is 446 g/mol. The number of alkyl halides is 3. The zero-order chi connectivity index (χ0) is 23.5. The summed E-state index contributed by atoms with van der Waals surface area (Å²) in [6, 6.07) is 10.1. The van der Waals surface area contributed by atoms with Gasteiger partial charge in [-0.3, -0.25) is 9.59 Å². The van der Waals surface area contributed by atoms with E-state index in [1.54, 1.807) is 24.3 Å². The normalized spacial score (nSPS) is 11.5. The highest BCUT2D eigenvalue weighted by atomic mass is 19.4. The molecule has 0 aliphatic heterocycles. The van der Waals surface area contributed by atoms with Gasteiger partial charge in [0, 0.05) is 18.5 Å². The number of hydrogen-bond acceptors (Lipinski definition) is 5. The highest BCUT2D eigenvalue weighted by molar-refractivity contribution is 5.96. The van der Waals surface area contributed by atoms with Gasteiger partial charge < -0.3 is 15.0 Å². The third-order valence-corrected chi connectivity index (χ3v) is 4.32. The quantitative estimate of drug-likeness (QED) is 0.618. The molecule has 1 aromatic carbocycles. The number of halogens is 3. The molecular formula is C22H21F3N4O3. The van der Waals surface area contributed by atoms with E-state index in [4.69, 9.17) is 4.74 Å². The molecule has 0 fully saturated rings. The lowest BCUT2D eigenvalue weighted by Gasteiger charge is -2.17. The number of likely N-dealkylation sites (N-methyl/N-ethyl adjacent to an activating group) is 1. The molecule has 3 rings (SSSR count). The Morgan fingerprint density at radius 2 is 1.81 bits per heavy atom.